The molecule has 0 radical (unpaired) electrons. The Labute approximate surface area is 131 Å². The van der Waals surface area contributed by atoms with E-state index in [1.165, 1.54) is 16.3 Å². The van der Waals surface area contributed by atoms with Crippen LogP contribution in [-0.4, -0.2) is 35.6 Å². The summed E-state index contributed by atoms with van der Waals surface area (Å²) in [7, 11) is 1.98. The van der Waals surface area contributed by atoms with Gasteiger partial charge in [-0.1, -0.05) is 38.1 Å². The van der Waals surface area contributed by atoms with E-state index in [9.17, 15) is 0 Å². The molecule has 21 heavy (non-hydrogen) atoms. The lowest BCUT2D eigenvalue weighted by atomic mass is 10.1. The van der Waals surface area contributed by atoms with Gasteiger partial charge in [-0.25, -0.2) is 4.98 Å². The number of fused-ring (bicyclic) bond motifs is 1. The van der Waals surface area contributed by atoms with Gasteiger partial charge in [0.1, 0.15) is 5.82 Å². The first-order valence-corrected chi connectivity index (χ1v) is 8.55. The lowest BCUT2D eigenvalue weighted by Crippen LogP contribution is -2.41. The standard InChI is InChI=1S/C17H23N3S/c1-12-10-20(11-13(2)21-12)17-16-7-5-4-6-15(16)14(8-18-3)9-19-17/h4-7,9,12-13,18H,8,10-11H2,1-3H3. The highest BCUT2D eigenvalue weighted by Crippen LogP contribution is 2.32. The van der Waals surface area contributed by atoms with Crippen molar-refractivity contribution in [3.63, 3.8) is 0 Å². The molecule has 0 aliphatic carbocycles. The summed E-state index contributed by atoms with van der Waals surface area (Å²) < 4.78 is 0. The van der Waals surface area contributed by atoms with Gasteiger partial charge in [0.05, 0.1) is 0 Å². The van der Waals surface area contributed by atoms with Crippen molar-refractivity contribution in [2.75, 3.05) is 25.0 Å². The molecule has 0 saturated carbocycles. The van der Waals surface area contributed by atoms with E-state index in [0.29, 0.717) is 10.5 Å². The monoisotopic (exact) mass is 301 g/mol. The highest BCUT2D eigenvalue weighted by molar-refractivity contribution is 8.00. The summed E-state index contributed by atoms with van der Waals surface area (Å²) in [6.45, 7) is 7.64. The van der Waals surface area contributed by atoms with Crippen LogP contribution < -0.4 is 10.2 Å². The first-order valence-electron chi connectivity index (χ1n) is 7.60. The molecule has 1 aliphatic heterocycles. The number of aromatic nitrogens is 1. The van der Waals surface area contributed by atoms with Gasteiger partial charge in [0.15, 0.2) is 0 Å². The topological polar surface area (TPSA) is 28.2 Å². The van der Waals surface area contributed by atoms with Gasteiger partial charge >= 0.3 is 0 Å². The minimum atomic E-state index is 0.659. The zero-order valence-electron chi connectivity index (χ0n) is 13.0. The van der Waals surface area contributed by atoms with Crippen molar-refractivity contribution < 1.29 is 0 Å². The summed E-state index contributed by atoms with van der Waals surface area (Å²) in [5.74, 6) is 1.14. The Bertz CT molecular complexity index is 618. The van der Waals surface area contributed by atoms with Crippen molar-refractivity contribution in [1.82, 2.24) is 10.3 Å². The second-order valence-electron chi connectivity index (χ2n) is 5.85. The number of rotatable bonds is 3. The summed E-state index contributed by atoms with van der Waals surface area (Å²) in [6.07, 6.45) is 2.03. The summed E-state index contributed by atoms with van der Waals surface area (Å²) in [5.41, 5.74) is 1.27. The van der Waals surface area contributed by atoms with Crippen LogP contribution >= 0.6 is 11.8 Å². The smallest absolute Gasteiger partial charge is 0.136 e. The van der Waals surface area contributed by atoms with Crippen LogP contribution in [0.1, 0.15) is 19.4 Å². The molecule has 1 fully saturated rings. The first kappa shape index (κ1) is 14.7. The van der Waals surface area contributed by atoms with Gasteiger partial charge in [0.2, 0.25) is 0 Å². The highest BCUT2D eigenvalue weighted by Gasteiger charge is 2.24. The molecule has 112 valence electrons. The number of pyridine rings is 1. The quantitative estimate of drug-likeness (QED) is 0.941. The molecule has 1 N–H and O–H groups in total. The number of benzene rings is 1. The van der Waals surface area contributed by atoms with Gasteiger partial charge in [-0.3, -0.25) is 0 Å². The Balaban J connectivity index is 2.05. The number of hydrogen-bond acceptors (Lipinski definition) is 4. The molecule has 1 saturated heterocycles. The third kappa shape index (κ3) is 3.01. The summed E-state index contributed by atoms with van der Waals surface area (Å²) in [5, 5.41) is 7.14. The molecule has 0 bridgehead atoms. The van der Waals surface area contributed by atoms with Crippen molar-refractivity contribution in [1.29, 1.82) is 0 Å². The average molecular weight is 301 g/mol. The summed E-state index contributed by atoms with van der Waals surface area (Å²) >= 11 is 2.08. The molecule has 2 heterocycles. The Kier molecular flexibility index (Phi) is 4.36. The van der Waals surface area contributed by atoms with Crippen molar-refractivity contribution in [3.05, 3.63) is 36.0 Å². The summed E-state index contributed by atoms with van der Waals surface area (Å²) in [4.78, 5) is 7.25. The number of nitrogens with zero attached hydrogens (tertiary/aromatic N) is 2. The molecular formula is C17H23N3S. The lowest BCUT2D eigenvalue weighted by molar-refractivity contribution is 0.720. The van der Waals surface area contributed by atoms with Gasteiger partial charge < -0.3 is 10.2 Å². The van der Waals surface area contributed by atoms with Gasteiger partial charge in [-0.15, -0.1) is 0 Å². The van der Waals surface area contributed by atoms with Crippen LogP contribution in [0.4, 0.5) is 5.82 Å². The second-order valence-corrected chi connectivity index (χ2v) is 7.73. The lowest BCUT2D eigenvalue weighted by Gasteiger charge is -2.36. The molecule has 3 nitrogen and oxygen atoms in total. The van der Waals surface area contributed by atoms with Crippen molar-refractivity contribution >= 4 is 28.4 Å². The van der Waals surface area contributed by atoms with E-state index in [1.807, 2.05) is 13.2 Å². The van der Waals surface area contributed by atoms with Crippen LogP contribution in [0.5, 0.6) is 0 Å². The maximum absolute atomic E-state index is 4.79. The number of nitrogens with one attached hydrogen (secondary N) is 1. The largest absolute Gasteiger partial charge is 0.354 e. The third-order valence-electron chi connectivity index (χ3n) is 3.94. The molecule has 3 rings (SSSR count). The normalized spacial score (nSPS) is 22.7. The van der Waals surface area contributed by atoms with E-state index in [2.05, 4.69) is 60.1 Å². The molecule has 2 aromatic rings. The maximum atomic E-state index is 4.79. The van der Waals surface area contributed by atoms with E-state index in [1.54, 1.807) is 0 Å². The van der Waals surface area contributed by atoms with Crippen molar-refractivity contribution in [2.45, 2.75) is 30.9 Å². The van der Waals surface area contributed by atoms with E-state index in [4.69, 9.17) is 4.98 Å². The SMILES string of the molecule is CNCc1cnc(N2CC(C)SC(C)C2)c2ccccc12. The van der Waals surface area contributed by atoms with Gasteiger partial charge in [-0.2, -0.15) is 11.8 Å². The molecule has 2 atom stereocenters. The van der Waals surface area contributed by atoms with Crippen LogP contribution in [-0.2, 0) is 6.54 Å². The van der Waals surface area contributed by atoms with E-state index in [0.717, 1.165) is 25.5 Å². The maximum Gasteiger partial charge on any atom is 0.136 e. The van der Waals surface area contributed by atoms with E-state index >= 15 is 0 Å². The van der Waals surface area contributed by atoms with Crippen molar-refractivity contribution in [2.24, 2.45) is 0 Å². The van der Waals surface area contributed by atoms with E-state index < -0.39 is 0 Å². The minimum Gasteiger partial charge on any atom is -0.354 e. The fourth-order valence-electron chi connectivity index (χ4n) is 3.17. The van der Waals surface area contributed by atoms with E-state index in [-0.39, 0.29) is 0 Å². The van der Waals surface area contributed by atoms with Crippen molar-refractivity contribution in [3.8, 4) is 0 Å². The van der Waals surface area contributed by atoms with Crippen LogP contribution in [0, 0.1) is 0 Å². The molecule has 1 aliphatic rings. The average Bonchev–Trinajstić information content (AvgIpc) is 2.47. The van der Waals surface area contributed by atoms with Crippen LogP contribution in [0.2, 0.25) is 0 Å². The predicted molar refractivity (Wildman–Crippen MR) is 93.2 cm³/mol. The van der Waals surface area contributed by atoms with Gasteiger partial charge in [0, 0.05) is 41.7 Å². The molecular weight excluding hydrogens is 278 g/mol. The van der Waals surface area contributed by atoms with Crippen LogP contribution in [0.3, 0.4) is 0 Å². The molecule has 2 unspecified atom stereocenters. The highest BCUT2D eigenvalue weighted by atomic mass is 32.2. The Morgan fingerprint density at radius 2 is 1.86 bits per heavy atom. The number of thioether (sulfide) groups is 1. The number of anilines is 1. The fourth-order valence-corrected chi connectivity index (χ4v) is 4.50. The van der Waals surface area contributed by atoms with Gasteiger partial charge in [-0.05, 0) is 18.0 Å². The zero-order chi connectivity index (χ0) is 14.8. The second kappa shape index (κ2) is 6.24. The summed E-state index contributed by atoms with van der Waals surface area (Å²) in [6, 6.07) is 8.64. The van der Waals surface area contributed by atoms with Gasteiger partial charge in [0.25, 0.3) is 0 Å². The third-order valence-corrected chi connectivity index (χ3v) is 5.17. The zero-order valence-corrected chi connectivity index (χ0v) is 13.8. The molecule has 4 heteroatoms. The molecule has 0 amide bonds. The van der Waals surface area contributed by atoms with Crippen LogP contribution in [0.25, 0.3) is 10.8 Å². The fraction of sp³-hybridized carbons (Fsp3) is 0.471. The predicted octanol–water partition coefficient (Wildman–Crippen LogP) is 3.28. The Morgan fingerprint density at radius 1 is 1.19 bits per heavy atom. The molecule has 1 aromatic carbocycles. The molecule has 1 aromatic heterocycles. The Hall–Kier alpha value is -1.26. The molecule has 0 spiro atoms. The Morgan fingerprint density at radius 3 is 2.52 bits per heavy atom. The first-order chi connectivity index (χ1) is 10.2. The minimum absolute atomic E-state index is 0.659. The number of hydrogen-bond donors (Lipinski definition) is 1. The van der Waals surface area contributed by atoms with Crippen LogP contribution in [0.15, 0.2) is 30.5 Å².